The second-order valence-corrected chi connectivity index (χ2v) is 7.80. The summed E-state index contributed by atoms with van der Waals surface area (Å²) in [5.41, 5.74) is 2.17. The molecule has 0 aliphatic carbocycles. The van der Waals surface area contributed by atoms with Crippen LogP contribution in [-0.2, 0) is 6.61 Å². The first-order valence-corrected chi connectivity index (χ1v) is 10.00. The van der Waals surface area contributed by atoms with Crippen molar-refractivity contribution in [3.8, 4) is 5.75 Å². The number of halogens is 2. The minimum Gasteiger partial charge on any atom is -0.489 e. The van der Waals surface area contributed by atoms with Crippen molar-refractivity contribution in [2.45, 2.75) is 6.61 Å². The van der Waals surface area contributed by atoms with Gasteiger partial charge in [-0.05, 0) is 42.0 Å². The molecule has 28 heavy (non-hydrogen) atoms. The zero-order valence-electron chi connectivity index (χ0n) is 14.5. The van der Waals surface area contributed by atoms with E-state index in [1.165, 1.54) is 11.3 Å². The third-order valence-corrected chi connectivity index (χ3v) is 5.77. The normalized spacial score (nSPS) is 10.8. The maximum absolute atomic E-state index is 12.5. The Labute approximate surface area is 175 Å². The van der Waals surface area contributed by atoms with E-state index < -0.39 is 0 Å². The van der Waals surface area contributed by atoms with Crippen LogP contribution in [0, 0.1) is 0 Å². The van der Waals surface area contributed by atoms with Gasteiger partial charge in [-0.25, -0.2) is 4.98 Å². The molecule has 0 bridgehead atoms. The van der Waals surface area contributed by atoms with Gasteiger partial charge in [-0.1, -0.05) is 64.9 Å². The summed E-state index contributed by atoms with van der Waals surface area (Å²) in [5, 5.41) is 4.08. The average molecular weight is 429 g/mol. The number of amides is 1. The van der Waals surface area contributed by atoms with Gasteiger partial charge in [0.05, 0.1) is 14.7 Å². The summed E-state index contributed by atoms with van der Waals surface area (Å²) in [5.74, 6) is 0.442. The van der Waals surface area contributed by atoms with Crippen LogP contribution in [0.5, 0.6) is 5.75 Å². The second-order valence-electron chi connectivity index (χ2n) is 5.98. The Bertz CT molecular complexity index is 1130. The van der Waals surface area contributed by atoms with Crippen LogP contribution in [0.2, 0.25) is 10.0 Å². The van der Waals surface area contributed by atoms with E-state index in [2.05, 4.69) is 10.3 Å². The second kappa shape index (κ2) is 8.19. The van der Waals surface area contributed by atoms with Gasteiger partial charge in [-0.2, -0.15) is 0 Å². The fourth-order valence-electron chi connectivity index (χ4n) is 2.60. The van der Waals surface area contributed by atoms with Crippen molar-refractivity contribution >= 4 is 55.8 Å². The lowest BCUT2D eigenvalue weighted by atomic mass is 10.2. The lowest BCUT2D eigenvalue weighted by Crippen LogP contribution is -2.11. The van der Waals surface area contributed by atoms with Crippen LogP contribution in [0.15, 0.2) is 66.7 Å². The molecule has 0 aliphatic heterocycles. The first-order valence-electron chi connectivity index (χ1n) is 8.43. The minimum absolute atomic E-state index is 0.254. The van der Waals surface area contributed by atoms with E-state index >= 15 is 0 Å². The van der Waals surface area contributed by atoms with Gasteiger partial charge in [0.1, 0.15) is 17.9 Å². The Morgan fingerprint density at radius 3 is 2.50 bits per heavy atom. The fourth-order valence-corrected chi connectivity index (χ4v) is 3.89. The van der Waals surface area contributed by atoms with Gasteiger partial charge in [-0.3, -0.25) is 10.1 Å². The average Bonchev–Trinajstić information content (AvgIpc) is 3.14. The minimum atomic E-state index is -0.254. The molecule has 0 radical (unpaired) electrons. The van der Waals surface area contributed by atoms with E-state index in [1.807, 2.05) is 36.4 Å². The van der Waals surface area contributed by atoms with Gasteiger partial charge in [0.2, 0.25) is 0 Å². The van der Waals surface area contributed by atoms with Crippen LogP contribution in [0.1, 0.15) is 15.9 Å². The number of thiazole rings is 1. The Morgan fingerprint density at radius 2 is 1.75 bits per heavy atom. The van der Waals surface area contributed by atoms with Crippen molar-refractivity contribution in [2.24, 2.45) is 0 Å². The molecule has 4 nitrogen and oxygen atoms in total. The highest BCUT2D eigenvalue weighted by Crippen LogP contribution is 2.35. The quantitative estimate of drug-likeness (QED) is 0.398. The molecule has 1 N–H and O–H groups in total. The Hall–Kier alpha value is -2.60. The molecular weight excluding hydrogens is 415 g/mol. The topological polar surface area (TPSA) is 51.2 Å². The van der Waals surface area contributed by atoms with Gasteiger partial charge in [0.15, 0.2) is 5.13 Å². The predicted octanol–water partition coefficient (Wildman–Crippen LogP) is 6.43. The van der Waals surface area contributed by atoms with Crippen molar-refractivity contribution in [1.82, 2.24) is 4.98 Å². The van der Waals surface area contributed by atoms with E-state index in [0.717, 1.165) is 10.3 Å². The van der Waals surface area contributed by atoms with E-state index in [-0.39, 0.29) is 5.91 Å². The highest BCUT2D eigenvalue weighted by Gasteiger charge is 2.13. The maximum atomic E-state index is 12.5. The van der Waals surface area contributed by atoms with E-state index in [9.17, 15) is 4.79 Å². The van der Waals surface area contributed by atoms with Crippen LogP contribution in [0.4, 0.5) is 5.13 Å². The van der Waals surface area contributed by atoms with Crippen molar-refractivity contribution in [2.75, 3.05) is 5.32 Å². The molecule has 1 aromatic heterocycles. The van der Waals surface area contributed by atoms with Crippen molar-refractivity contribution in [3.05, 3.63) is 87.9 Å². The summed E-state index contributed by atoms with van der Waals surface area (Å²) >= 11 is 13.5. The molecule has 0 saturated carbocycles. The van der Waals surface area contributed by atoms with Crippen LogP contribution < -0.4 is 10.1 Å². The number of carbonyl (C=O) groups excluding carboxylic acids is 1. The lowest BCUT2D eigenvalue weighted by molar-refractivity contribution is 0.102. The fraction of sp³-hybridized carbons (Fsp3) is 0.0476. The van der Waals surface area contributed by atoms with Crippen LogP contribution in [0.3, 0.4) is 0 Å². The Balaban J connectivity index is 1.43. The molecule has 4 aromatic rings. The number of carbonyl (C=O) groups is 1. The number of ether oxygens (including phenoxy) is 1. The molecule has 0 fully saturated rings. The van der Waals surface area contributed by atoms with E-state index in [0.29, 0.717) is 38.6 Å². The smallest absolute Gasteiger partial charge is 0.257 e. The summed E-state index contributed by atoms with van der Waals surface area (Å²) in [7, 11) is 0. The van der Waals surface area contributed by atoms with E-state index in [4.69, 9.17) is 27.9 Å². The first-order chi connectivity index (χ1) is 13.6. The zero-order valence-corrected chi connectivity index (χ0v) is 16.8. The first kappa shape index (κ1) is 18.7. The van der Waals surface area contributed by atoms with Crippen molar-refractivity contribution in [1.29, 1.82) is 0 Å². The third-order valence-electron chi connectivity index (χ3n) is 4.04. The Morgan fingerprint density at radius 1 is 1.00 bits per heavy atom. The molecule has 0 saturated heterocycles. The summed E-state index contributed by atoms with van der Waals surface area (Å²) in [6.07, 6.45) is 0. The molecule has 0 spiro atoms. The molecule has 0 unspecified atom stereocenters. The van der Waals surface area contributed by atoms with Crippen molar-refractivity contribution in [3.63, 3.8) is 0 Å². The summed E-state index contributed by atoms with van der Waals surface area (Å²) < 4.78 is 6.60. The molecular formula is C21H14Cl2N2O2S. The van der Waals surface area contributed by atoms with Gasteiger partial charge in [-0.15, -0.1) is 0 Å². The molecule has 140 valence electrons. The standard InChI is InChI=1S/C21H14Cl2N2O2S/c22-16-10-11-17-19(18(16)23)24-21(28-17)25-20(26)14-6-8-15(9-7-14)27-12-13-4-2-1-3-5-13/h1-11H,12H2,(H,24,25,26). The summed E-state index contributed by atoms with van der Waals surface area (Å²) in [6.45, 7) is 0.474. The molecule has 1 amide bonds. The number of aromatic nitrogens is 1. The van der Waals surface area contributed by atoms with E-state index in [1.54, 1.807) is 30.3 Å². The largest absolute Gasteiger partial charge is 0.489 e. The summed E-state index contributed by atoms with van der Waals surface area (Å²) in [4.78, 5) is 16.9. The van der Waals surface area contributed by atoms with Gasteiger partial charge >= 0.3 is 0 Å². The number of hydrogen-bond donors (Lipinski definition) is 1. The monoisotopic (exact) mass is 428 g/mol. The van der Waals surface area contributed by atoms with Crippen molar-refractivity contribution < 1.29 is 9.53 Å². The predicted molar refractivity (Wildman–Crippen MR) is 115 cm³/mol. The summed E-state index contributed by atoms with van der Waals surface area (Å²) in [6, 6.07) is 20.4. The number of anilines is 1. The Kier molecular flexibility index (Phi) is 5.48. The number of hydrogen-bond acceptors (Lipinski definition) is 4. The van der Waals surface area contributed by atoms with Crippen LogP contribution >= 0.6 is 34.5 Å². The number of nitrogens with one attached hydrogen (secondary N) is 1. The zero-order chi connectivity index (χ0) is 19.5. The van der Waals surface area contributed by atoms with Crippen LogP contribution in [0.25, 0.3) is 10.2 Å². The van der Waals surface area contributed by atoms with Gasteiger partial charge < -0.3 is 4.74 Å². The third kappa shape index (κ3) is 4.12. The molecule has 0 atom stereocenters. The number of nitrogens with zero attached hydrogens (tertiary/aromatic N) is 1. The molecule has 3 aromatic carbocycles. The number of fused-ring (bicyclic) bond motifs is 1. The molecule has 1 heterocycles. The van der Waals surface area contributed by atoms with Gasteiger partial charge in [0.25, 0.3) is 5.91 Å². The number of benzene rings is 3. The highest BCUT2D eigenvalue weighted by molar-refractivity contribution is 7.22. The maximum Gasteiger partial charge on any atom is 0.257 e. The highest BCUT2D eigenvalue weighted by atomic mass is 35.5. The SMILES string of the molecule is O=C(Nc1nc2c(Cl)c(Cl)ccc2s1)c1ccc(OCc2ccccc2)cc1. The molecule has 0 aliphatic rings. The number of rotatable bonds is 5. The molecule has 7 heteroatoms. The van der Waals surface area contributed by atoms with Crippen LogP contribution in [-0.4, -0.2) is 10.9 Å². The molecule has 4 rings (SSSR count). The lowest BCUT2D eigenvalue weighted by Gasteiger charge is -2.07. The van der Waals surface area contributed by atoms with Gasteiger partial charge in [0, 0.05) is 5.56 Å².